The van der Waals surface area contributed by atoms with Gasteiger partial charge >= 0.3 is 0 Å². The van der Waals surface area contributed by atoms with E-state index in [1.165, 1.54) is 25.7 Å². The number of halogens is 1. The Hall–Kier alpha value is -0.280. The van der Waals surface area contributed by atoms with Crippen LogP contribution >= 0.6 is 12.4 Å². The van der Waals surface area contributed by atoms with Crippen molar-refractivity contribution in [3.05, 3.63) is 0 Å². The quantitative estimate of drug-likeness (QED) is 0.682. The molecule has 4 heteroatoms. The Bertz CT molecular complexity index is 243. The molecule has 1 fully saturated rings. The molecule has 1 unspecified atom stereocenters. The van der Waals surface area contributed by atoms with Crippen molar-refractivity contribution in [3.8, 4) is 0 Å². The van der Waals surface area contributed by atoms with Crippen molar-refractivity contribution < 1.29 is 4.79 Å². The molecular formula is C16H33ClN2O. The zero-order chi connectivity index (χ0) is 13.9. The summed E-state index contributed by atoms with van der Waals surface area (Å²) in [5, 5.41) is 6.61. The number of amides is 1. The van der Waals surface area contributed by atoms with E-state index >= 15 is 0 Å². The summed E-state index contributed by atoms with van der Waals surface area (Å²) in [7, 11) is 0. The van der Waals surface area contributed by atoms with Crippen LogP contribution in [0.5, 0.6) is 0 Å². The van der Waals surface area contributed by atoms with Crippen LogP contribution in [0.15, 0.2) is 0 Å². The fourth-order valence-corrected chi connectivity index (χ4v) is 2.89. The molecule has 0 spiro atoms. The van der Waals surface area contributed by atoms with Crippen molar-refractivity contribution in [2.45, 2.75) is 77.7 Å². The van der Waals surface area contributed by atoms with Gasteiger partial charge in [0, 0.05) is 12.5 Å². The van der Waals surface area contributed by atoms with Crippen molar-refractivity contribution in [2.75, 3.05) is 13.1 Å². The van der Waals surface area contributed by atoms with Crippen LogP contribution in [0.2, 0.25) is 0 Å². The van der Waals surface area contributed by atoms with Crippen LogP contribution in [0.4, 0.5) is 0 Å². The zero-order valence-electron chi connectivity index (χ0n) is 13.2. The first-order chi connectivity index (χ1) is 9.26. The van der Waals surface area contributed by atoms with E-state index in [0.29, 0.717) is 6.04 Å². The van der Waals surface area contributed by atoms with Gasteiger partial charge in [-0.05, 0) is 51.1 Å². The third-order valence-corrected chi connectivity index (χ3v) is 4.15. The lowest BCUT2D eigenvalue weighted by Gasteiger charge is -2.23. The first-order valence-corrected chi connectivity index (χ1v) is 8.26. The van der Waals surface area contributed by atoms with Crippen molar-refractivity contribution in [1.82, 2.24) is 10.6 Å². The Morgan fingerprint density at radius 2 is 1.90 bits per heavy atom. The highest BCUT2D eigenvalue weighted by atomic mass is 35.5. The molecule has 0 aromatic heterocycles. The third kappa shape index (κ3) is 8.80. The van der Waals surface area contributed by atoms with Crippen LogP contribution in [-0.4, -0.2) is 25.0 Å². The topological polar surface area (TPSA) is 41.1 Å². The molecular weight excluding hydrogens is 272 g/mol. The van der Waals surface area contributed by atoms with Gasteiger partial charge in [0.2, 0.25) is 5.91 Å². The number of nitrogens with one attached hydrogen (secondary N) is 2. The summed E-state index contributed by atoms with van der Waals surface area (Å²) in [6.07, 6.45) is 10.1. The average Bonchev–Trinajstić information content (AvgIpc) is 2.44. The van der Waals surface area contributed by atoms with Crippen molar-refractivity contribution in [1.29, 1.82) is 0 Å². The van der Waals surface area contributed by atoms with Gasteiger partial charge in [0.1, 0.15) is 0 Å². The highest BCUT2D eigenvalue weighted by molar-refractivity contribution is 5.85. The van der Waals surface area contributed by atoms with Crippen LogP contribution in [0, 0.1) is 5.92 Å². The van der Waals surface area contributed by atoms with E-state index in [1.54, 1.807) is 0 Å². The van der Waals surface area contributed by atoms with Gasteiger partial charge in [0.25, 0.3) is 0 Å². The van der Waals surface area contributed by atoms with Gasteiger partial charge in [0.05, 0.1) is 0 Å². The molecule has 0 radical (unpaired) electrons. The molecule has 120 valence electrons. The number of hydrogen-bond donors (Lipinski definition) is 2. The number of rotatable bonds is 9. The molecule has 1 amide bonds. The first kappa shape index (κ1) is 19.7. The molecule has 1 heterocycles. The standard InChI is InChI=1S/C16H32N2O.ClH/c1-3-5-7-15(6-4-2)18-16(19)9-8-14-10-12-17-13-11-14;/h14-15,17H,3-13H2,1-2H3,(H,18,19);1H. The zero-order valence-corrected chi connectivity index (χ0v) is 14.1. The lowest BCUT2D eigenvalue weighted by atomic mass is 9.93. The molecule has 0 aromatic carbocycles. The number of unbranched alkanes of at least 4 members (excludes halogenated alkanes) is 1. The smallest absolute Gasteiger partial charge is 0.220 e. The van der Waals surface area contributed by atoms with Crippen LogP contribution in [0.3, 0.4) is 0 Å². The monoisotopic (exact) mass is 304 g/mol. The number of hydrogen-bond acceptors (Lipinski definition) is 2. The van der Waals surface area contributed by atoms with Crippen molar-refractivity contribution >= 4 is 18.3 Å². The average molecular weight is 305 g/mol. The van der Waals surface area contributed by atoms with Gasteiger partial charge in [-0.25, -0.2) is 0 Å². The fourth-order valence-electron chi connectivity index (χ4n) is 2.89. The van der Waals surface area contributed by atoms with E-state index in [2.05, 4.69) is 24.5 Å². The van der Waals surface area contributed by atoms with Gasteiger partial charge in [-0.3, -0.25) is 4.79 Å². The Balaban J connectivity index is 0.00000361. The summed E-state index contributed by atoms with van der Waals surface area (Å²) in [4.78, 5) is 12.0. The van der Waals surface area contributed by atoms with Crippen LogP contribution in [-0.2, 0) is 4.79 Å². The van der Waals surface area contributed by atoms with Crippen molar-refractivity contribution in [2.24, 2.45) is 5.92 Å². The second kappa shape index (κ2) is 12.5. The fraction of sp³-hybridized carbons (Fsp3) is 0.938. The summed E-state index contributed by atoms with van der Waals surface area (Å²) in [6.45, 7) is 6.66. The molecule has 1 aliphatic rings. The minimum Gasteiger partial charge on any atom is -0.353 e. The molecule has 0 aliphatic carbocycles. The van der Waals surface area contributed by atoms with Crippen molar-refractivity contribution in [3.63, 3.8) is 0 Å². The molecule has 1 rings (SSSR count). The molecule has 0 aromatic rings. The van der Waals surface area contributed by atoms with E-state index in [1.807, 2.05) is 0 Å². The first-order valence-electron chi connectivity index (χ1n) is 8.26. The van der Waals surface area contributed by atoms with E-state index in [4.69, 9.17) is 0 Å². The Morgan fingerprint density at radius 1 is 1.20 bits per heavy atom. The Labute approximate surface area is 131 Å². The minimum absolute atomic E-state index is 0. The van der Waals surface area contributed by atoms with E-state index in [0.717, 1.165) is 51.1 Å². The molecule has 20 heavy (non-hydrogen) atoms. The summed E-state index contributed by atoms with van der Waals surface area (Å²) < 4.78 is 0. The Morgan fingerprint density at radius 3 is 2.50 bits per heavy atom. The SMILES string of the molecule is CCCCC(CCC)NC(=O)CCC1CCNCC1.Cl. The van der Waals surface area contributed by atoms with Gasteiger partial charge in [0.15, 0.2) is 0 Å². The second-order valence-electron chi connectivity index (χ2n) is 5.93. The highest BCUT2D eigenvalue weighted by Crippen LogP contribution is 2.17. The maximum absolute atomic E-state index is 12.0. The predicted molar refractivity (Wildman–Crippen MR) is 88.4 cm³/mol. The molecule has 3 nitrogen and oxygen atoms in total. The van der Waals surface area contributed by atoms with Crippen LogP contribution in [0.1, 0.15) is 71.6 Å². The second-order valence-corrected chi connectivity index (χ2v) is 5.93. The van der Waals surface area contributed by atoms with E-state index in [9.17, 15) is 4.79 Å². The minimum atomic E-state index is 0. The largest absolute Gasteiger partial charge is 0.353 e. The number of carbonyl (C=O) groups is 1. The van der Waals surface area contributed by atoms with Gasteiger partial charge in [-0.2, -0.15) is 0 Å². The molecule has 1 atom stereocenters. The maximum Gasteiger partial charge on any atom is 0.220 e. The lowest BCUT2D eigenvalue weighted by Crippen LogP contribution is -2.35. The molecule has 0 saturated carbocycles. The van der Waals surface area contributed by atoms with E-state index in [-0.39, 0.29) is 18.3 Å². The normalized spacial score (nSPS) is 17.3. The molecule has 1 saturated heterocycles. The molecule has 0 bridgehead atoms. The lowest BCUT2D eigenvalue weighted by molar-refractivity contribution is -0.122. The Kier molecular flexibility index (Phi) is 12.3. The van der Waals surface area contributed by atoms with E-state index < -0.39 is 0 Å². The van der Waals surface area contributed by atoms with Crippen LogP contribution < -0.4 is 10.6 Å². The highest BCUT2D eigenvalue weighted by Gasteiger charge is 2.16. The third-order valence-electron chi connectivity index (χ3n) is 4.15. The summed E-state index contributed by atoms with van der Waals surface area (Å²) in [5.74, 6) is 1.03. The van der Waals surface area contributed by atoms with Gasteiger partial charge in [-0.1, -0.05) is 33.1 Å². The van der Waals surface area contributed by atoms with Gasteiger partial charge < -0.3 is 10.6 Å². The maximum atomic E-state index is 12.0. The van der Waals surface area contributed by atoms with Crippen LogP contribution in [0.25, 0.3) is 0 Å². The van der Waals surface area contributed by atoms with Gasteiger partial charge in [-0.15, -0.1) is 12.4 Å². The number of piperidine rings is 1. The number of carbonyl (C=O) groups excluding carboxylic acids is 1. The summed E-state index contributed by atoms with van der Waals surface area (Å²) in [5.41, 5.74) is 0. The molecule has 1 aliphatic heterocycles. The molecule has 2 N–H and O–H groups in total. The summed E-state index contributed by atoms with van der Waals surface area (Å²) in [6, 6.07) is 0.408. The summed E-state index contributed by atoms with van der Waals surface area (Å²) >= 11 is 0. The predicted octanol–water partition coefficient (Wildman–Crippen LogP) is 3.66.